The maximum absolute atomic E-state index is 11.2. The van der Waals surface area contributed by atoms with E-state index in [4.69, 9.17) is 9.84 Å². The Kier molecular flexibility index (Phi) is 8.24. The molecule has 0 saturated carbocycles. The van der Waals surface area contributed by atoms with Crippen LogP contribution >= 0.6 is 21.6 Å². The van der Waals surface area contributed by atoms with Gasteiger partial charge < -0.3 is 15.2 Å². The Morgan fingerprint density at radius 3 is 2.35 bits per heavy atom. The molecule has 0 aliphatic carbocycles. The summed E-state index contributed by atoms with van der Waals surface area (Å²) in [5.74, 6) is 0.514. The smallest absolute Gasteiger partial charge is 0.407 e. The van der Waals surface area contributed by atoms with Gasteiger partial charge in [-0.15, -0.1) is 0 Å². The van der Waals surface area contributed by atoms with Crippen LogP contribution in [0.1, 0.15) is 27.2 Å². The molecule has 0 aromatic carbocycles. The maximum atomic E-state index is 11.2. The first-order valence-corrected chi connectivity index (χ1v) is 7.73. The Hall–Kier alpha value is -0.560. The average molecular weight is 281 g/mol. The number of amides is 1. The summed E-state index contributed by atoms with van der Waals surface area (Å²) in [5.41, 5.74) is -0.479. The van der Waals surface area contributed by atoms with Crippen molar-refractivity contribution in [3.8, 4) is 0 Å². The second-order valence-corrected chi connectivity index (χ2v) is 6.92. The molecular formula is C10H19NO4S2. The minimum atomic E-state index is -0.787. The molecule has 17 heavy (non-hydrogen) atoms. The molecule has 100 valence electrons. The number of nitrogens with one attached hydrogen (secondary N) is 1. The third kappa shape index (κ3) is 13.4. The lowest BCUT2D eigenvalue weighted by atomic mass is 10.2. The van der Waals surface area contributed by atoms with Crippen molar-refractivity contribution in [2.45, 2.75) is 32.8 Å². The van der Waals surface area contributed by atoms with Crippen molar-refractivity contribution in [3.05, 3.63) is 0 Å². The summed E-state index contributed by atoms with van der Waals surface area (Å²) in [6, 6.07) is 0. The van der Waals surface area contributed by atoms with Crippen LogP contribution in [-0.4, -0.2) is 40.8 Å². The quantitative estimate of drug-likeness (QED) is 0.551. The number of carboxylic acids is 1. The van der Waals surface area contributed by atoms with Gasteiger partial charge in [-0.3, -0.25) is 4.79 Å². The molecule has 0 aliphatic heterocycles. The van der Waals surface area contributed by atoms with Crippen LogP contribution in [0.25, 0.3) is 0 Å². The molecule has 0 spiro atoms. The molecule has 1 amide bonds. The van der Waals surface area contributed by atoms with Crippen LogP contribution in [-0.2, 0) is 9.53 Å². The first kappa shape index (κ1) is 16.4. The van der Waals surface area contributed by atoms with Gasteiger partial charge in [0.2, 0.25) is 0 Å². The Morgan fingerprint density at radius 1 is 1.24 bits per heavy atom. The van der Waals surface area contributed by atoms with Gasteiger partial charge in [0.25, 0.3) is 0 Å². The van der Waals surface area contributed by atoms with Crippen LogP contribution in [0.4, 0.5) is 4.79 Å². The predicted molar refractivity (Wildman–Crippen MR) is 71.4 cm³/mol. The molecule has 0 bridgehead atoms. The highest BCUT2D eigenvalue weighted by Gasteiger charge is 2.15. The Morgan fingerprint density at radius 2 is 1.82 bits per heavy atom. The number of carboxylic acid groups (broad SMARTS) is 1. The second-order valence-electron chi connectivity index (χ2n) is 4.22. The van der Waals surface area contributed by atoms with E-state index in [1.54, 1.807) is 0 Å². The fourth-order valence-corrected chi connectivity index (χ4v) is 2.64. The van der Waals surface area contributed by atoms with Gasteiger partial charge in [-0.25, -0.2) is 4.79 Å². The highest BCUT2D eigenvalue weighted by atomic mass is 33.1. The lowest BCUT2D eigenvalue weighted by molar-refractivity contribution is -0.136. The highest BCUT2D eigenvalue weighted by Crippen LogP contribution is 2.20. The molecule has 0 unspecified atom stereocenters. The molecule has 0 atom stereocenters. The fourth-order valence-electron chi connectivity index (χ4n) is 0.756. The molecular weight excluding hydrogens is 262 g/mol. The maximum Gasteiger partial charge on any atom is 0.407 e. The van der Waals surface area contributed by atoms with Crippen molar-refractivity contribution in [3.63, 3.8) is 0 Å². The summed E-state index contributed by atoms with van der Waals surface area (Å²) in [7, 11) is 3.03. The third-order valence-electron chi connectivity index (χ3n) is 1.34. The predicted octanol–water partition coefficient (Wildman–Crippen LogP) is 2.37. The van der Waals surface area contributed by atoms with Gasteiger partial charge >= 0.3 is 12.1 Å². The lowest BCUT2D eigenvalue weighted by Gasteiger charge is -2.19. The number of carbonyl (C=O) groups excluding carboxylic acids is 1. The SMILES string of the molecule is CC(C)(C)OC(=O)NCCSSCCC(=O)O. The van der Waals surface area contributed by atoms with Crippen molar-refractivity contribution >= 4 is 33.7 Å². The van der Waals surface area contributed by atoms with E-state index < -0.39 is 17.7 Å². The largest absolute Gasteiger partial charge is 0.481 e. The lowest BCUT2D eigenvalue weighted by Crippen LogP contribution is -2.33. The Balaban J connectivity index is 3.34. The first-order valence-electron chi connectivity index (χ1n) is 5.24. The zero-order chi connectivity index (χ0) is 13.3. The molecule has 0 saturated heterocycles. The molecule has 0 heterocycles. The van der Waals surface area contributed by atoms with Crippen LogP contribution in [0.5, 0.6) is 0 Å². The third-order valence-corrected chi connectivity index (χ3v) is 3.74. The van der Waals surface area contributed by atoms with Crippen LogP contribution in [0, 0.1) is 0 Å². The van der Waals surface area contributed by atoms with Gasteiger partial charge in [0, 0.05) is 18.1 Å². The molecule has 0 radical (unpaired) electrons. The number of hydrogen-bond donors (Lipinski definition) is 2. The van der Waals surface area contributed by atoms with Gasteiger partial charge in [0.05, 0.1) is 6.42 Å². The summed E-state index contributed by atoms with van der Waals surface area (Å²) < 4.78 is 5.05. The van der Waals surface area contributed by atoms with Gasteiger partial charge in [0.15, 0.2) is 0 Å². The molecule has 5 nitrogen and oxygen atoms in total. The van der Waals surface area contributed by atoms with Gasteiger partial charge in [-0.1, -0.05) is 21.6 Å². The number of rotatable bonds is 7. The summed E-state index contributed by atoms with van der Waals surface area (Å²) in [6.45, 7) is 5.94. The highest BCUT2D eigenvalue weighted by molar-refractivity contribution is 8.76. The molecule has 0 aromatic heterocycles. The Bertz CT molecular complexity index is 253. The summed E-state index contributed by atoms with van der Waals surface area (Å²) in [4.78, 5) is 21.4. The van der Waals surface area contributed by atoms with Crippen LogP contribution in [0.2, 0.25) is 0 Å². The van der Waals surface area contributed by atoms with E-state index in [0.29, 0.717) is 12.3 Å². The summed E-state index contributed by atoms with van der Waals surface area (Å²) in [5, 5.41) is 11.0. The zero-order valence-electron chi connectivity index (χ0n) is 10.3. The van der Waals surface area contributed by atoms with E-state index in [2.05, 4.69) is 5.32 Å². The van der Waals surface area contributed by atoms with Gasteiger partial charge in [-0.2, -0.15) is 0 Å². The van der Waals surface area contributed by atoms with Crippen molar-refractivity contribution in [2.24, 2.45) is 0 Å². The van der Waals surface area contributed by atoms with E-state index in [1.807, 2.05) is 20.8 Å². The number of ether oxygens (including phenoxy) is 1. The standard InChI is InChI=1S/C10H19NO4S2/c1-10(2,3)15-9(14)11-5-7-17-16-6-4-8(12)13/h4-7H2,1-3H3,(H,11,14)(H,12,13). The monoisotopic (exact) mass is 281 g/mol. The molecule has 7 heteroatoms. The number of carbonyl (C=O) groups is 2. The van der Waals surface area contributed by atoms with Gasteiger partial charge in [0.1, 0.15) is 5.60 Å². The van der Waals surface area contributed by atoms with Crippen LogP contribution < -0.4 is 5.32 Å². The summed E-state index contributed by atoms with van der Waals surface area (Å²) in [6.07, 6.45) is -0.259. The average Bonchev–Trinajstić information content (AvgIpc) is 2.12. The minimum Gasteiger partial charge on any atom is -0.481 e. The summed E-state index contributed by atoms with van der Waals surface area (Å²) >= 11 is 0. The van der Waals surface area contributed by atoms with Gasteiger partial charge in [-0.05, 0) is 20.8 Å². The van der Waals surface area contributed by atoms with Crippen molar-refractivity contribution < 1.29 is 19.4 Å². The minimum absolute atomic E-state index is 0.164. The second kappa shape index (κ2) is 8.52. The van der Waals surface area contributed by atoms with Crippen molar-refractivity contribution in [1.82, 2.24) is 5.32 Å². The van der Waals surface area contributed by atoms with Crippen molar-refractivity contribution in [1.29, 1.82) is 0 Å². The van der Waals surface area contributed by atoms with Crippen LogP contribution in [0.15, 0.2) is 0 Å². The number of hydrogen-bond acceptors (Lipinski definition) is 5. The number of alkyl carbamates (subject to hydrolysis) is 1. The van der Waals surface area contributed by atoms with E-state index in [1.165, 1.54) is 21.6 Å². The molecule has 0 rings (SSSR count). The number of aliphatic carboxylic acids is 1. The Labute approximate surface area is 109 Å². The van der Waals surface area contributed by atoms with E-state index >= 15 is 0 Å². The van der Waals surface area contributed by atoms with E-state index in [0.717, 1.165) is 5.75 Å². The van der Waals surface area contributed by atoms with E-state index in [-0.39, 0.29) is 6.42 Å². The van der Waals surface area contributed by atoms with E-state index in [9.17, 15) is 9.59 Å². The van der Waals surface area contributed by atoms with Crippen molar-refractivity contribution in [2.75, 3.05) is 18.1 Å². The fraction of sp³-hybridized carbons (Fsp3) is 0.800. The van der Waals surface area contributed by atoms with Crippen LogP contribution in [0.3, 0.4) is 0 Å². The molecule has 2 N–H and O–H groups in total. The topological polar surface area (TPSA) is 75.6 Å². The molecule has 0 aliphatic rings. The first-order chi connectivity index (χ1) is 7.81. The molecule has 0 aromatic rings. The normalized spacial score (nSPS) is 11.0. The molecule has 0 fully saturated rings. The zero-order valence-corrected chi connectivity index (χ0v) is 11.9.